The maximum atomic E-state index is 11.8. The number of aromatic nitrogens is 3. The first-order valence-corrected chi connectivity index (χ1v) is 10.7. The Morgan fingerprint density at radius 2 is 2.00 bits per heavy atom. The molecule has 10 heteroatoms. The second kappa shape index (κ2) is 8.97. The van der Waals surface area contributed by atoms with Crippen molar-refractivity contribution in [1.29, 1.82) is 0 Å². The van der Waals surface area contributed by atoms with Crippen LogP contribution in [0.4, 0.5) is 11.6 Å². The molecule has 0 saturated heterocycles. The van der Waals surface area contributed by atoms with Gasteiger partial charge >= 0.3 is 5.97 Å². The van der Waals surface area contributed by atoms with Crippen molar-refractivity contribution in [3.63, 3.8) is 0 Å². The van der Waals surface area contributed by atoms with Crippen molar-refractivity contribution in [2.24, 2.45) is 0 Å². The molecule has 0 aliphatic rings. The average molecular weight is 475 g/mol. The van der Waals surface area contributed by atoms with Crippen molar-refractivity contribution in [2.45, 2.75) is 13.0 Å². The average Bonchev–Trinajstić information content (AvgIpc) is 3.35. The molecular weight excluding hydrogens is 459 g/mol. The molecule has 31 heavy (non-hydrogen) atoms. The number of anilines is 2. The number of benzene rings is 2. The number of carboxylic acids is 1. The Labute approximate surface area is 191 Å². The van der Waals surface area contributed by atoms with Crippen molar-refractivity contribution >= 4 is 52.1 Å². The molecule has 4 rings (SSSR count). The second-order valence-electron chi connectivity index (χ2n) is 6.51. The van der Waals surface area contributed by atoms with E-state index >= 15 is 0 Å². The molecule has 0 radical (unpaired) electrons. The number of carbonyl (C=O) groups is 1. The van der Waals surface area contributed by atoms with E-state index in [4.69, 9.17) is 27.9 Å². The summed E-state index contributed by atoms with van der Waals surface area (Å²) in [5.41, 5.74) is 1.50. The highest BCUT2D eigenvalue weighted by molar-refractivity contribution is 7.16. The van der Waals surface area contributed by atoms with E-state index in [0.717, 1.165) is 22.6 Å². The van der Waals surface area contributed by atoms with Crippen LogP contribution in [0.15, 0.2) is 60.9 Å². The zero-order valence-electron chi connectivity index (χ0n) is 16.1. The molecule has 0 aliphatic carbocycles. The molecule has 158 valence electrons. The summed E-state index contributed by atoms with van der Waals surface area (Å²) in [4.78, 5) is 16.0. The number of rotatable bonds is 7. The highest BCUT2D eigenvalue weighted by Crippen LogP contribution is 2.36. The van der Waals surface area contributed by atoms with Gasteiger partial charge in [-0.15, -0.1) is 16.4 Å². The van der Waals surface area contributed by atoms with E-state index in [1.54, 1.807) is 24.3 Å². The summed E-state index contributed by atoms with van der Waals surface area (Å²) in [6.07, 6.45) is 1.05. The van der Waals surface area contributed by atoms with Gasteiger partial charge in [-0.2, -0.15) is 4.98 Å². The molecule has 0 saturated carbocycles. The first-order valence-electron chi connectivity index (χ1n) is 9.13. The molecule has 1 unspecified atom stereocenters. The number of halogens is 2. The quantitative estimate of drug-likeness (QED) is 0.330. The fraction of sp³-hybridized carbons (Fsp3) is 0.0952. The fourth-order valence-corrected chi connectivity index (χ4v) is 4.22. The highest BCUT2D eigenvalue weighted by Gasteiger charge is 2.21. The predicted molar refractivity (Wildman–Crippen MR) is 121 cm³/mol. The lowest BCUT2D eigenvalue weighted by atomic mass is 10.1. The van der Waals surface area contributed by atoms with Gasteiger partial charge in [0.25, 0.3) is 0 Å². The van der Waals surface area contributed by atoms with Gasteiger partial charge in [0.1, 0.15) is 23.2 Å². The number of hydrogen-bond acceptors (Lipinski definition) is 6. The zero-order chi connectivity index (χ0) is 22.0. The Bertz CT molecular complexity index is 1240. The zero-order valence-corrected chi connectivity index (χ0v) is 18.4. The minimum Gasteiger partial charge on any atom is -0.484 e. The smallest absolute Gasteiger partial charge is 0.349 e. The summed E-state index contributed by atoms with van der Waals surface area (Å²) in [5.74, 6) is -0.505. The van der Waals surface area contributed by atoms with Crippen molar-refractivity contribution in [1.82, 2.24) is 14.8 Å². The Balaban J connectivity index is 1.58. The van der Waals surface area contributed by atoms with Crippen LogP contribution in [-0.4, -0.2) is 25.8 Å². The number of carboxylic acid groups (broad SMARTS) is 1. The number of thiophene rings is 1. The van der Waals surface area contributed by atoms with Crippen molar-refractivity contribution in [2.75, 3.05) is 5.32 Å². The van der Waals surface area contributed by atoms with E-state index in [9.17, 15) is 9.90 Å². The van der Waals surface area contributed by atoms with Gasteiger partial charge in [-0.3, -0.25) is 0 Å². The van der Waals surface area contributed by atoms with Crippen LogP contribution in [0, 0.1) is 0 Å². The number of hydrogen-bond donors (Lipinski definition) is 2. The third-order valence-electron chi connectivity index (χ3n) is 4.32. The first-order chi connectivity index (χ1) is 14.9. The largest absolute Gasteiger partial charge is 0.484 e. The molecule has 0 bridgehead atoms. The third-order valence-corrected chi connectivity index (χ3v) is 6.00. The van der Waals surface area contributed by atoms with Gasteiger partial charge in [-0.1, -0.05) is 47.5 Å². The fourth-order valence-electron chi connectivity index (χ4n) is 2.89. The van der Waals surface area contributed by atoms with Crippen LogP contribution in [0.2, 0.25) is 10.0 Å². The van der Waals surface area contributed by atoms with Gasteiger partial charge in [0.2, 0.25) is 5.95 Å². The number of nitrogens with one attached hydrogen (secondary N) is 1. The molecule has 0 fully saturated rings. The summed E-state index contributed by atoms with van der Waals surface area (Å²) in [6.45, 7) is 1.81. The van der Waals surface area contributed by atoms with Gasteiger partial charge in [-0.25, -0.2) is 9.48 Å². The standard InChI is InChI=1S/C21H16Cl2N4O3S/c1-12(15-7-2-3-8-16(15)23)30-17-10-18(31-19(17)20(28)29)27-11-24-21(26-27)25-14-6-4-5-13(22)9-14/h2-12H,1H3,(H,25,26)(H,28,29). The summed E-state index contributed by atoms with van der Waals surface area (Å²) < 4.78 is 7.43. The van der Waals surface area contributed by atoms with Crippen LogP contribution in [0.5, 0.6) is 5.75 Å². The Kier molecular flexibility index (Phi) is 6.13. The lowest BCUT2D eigenvalue weighted by molar-refractivity contribution is 0.0696. The SMILES string of the molecule is CC(Oc1cc(-n2cnc(Nc3cccc(Cl)c3)n2)sc1C(=O)O)c1ccccc1Cl. The predicted octanol–water partition coefficient (Wildman–Crippen LogP) is 6.22. The van der Waals surface area contributed by atoms with Crippen LogP contribution >= 0.6 is 34.5 Å². The van der Waals surface area contributed by atoms with Gasteiger partial charge in [0.15, 0.2) is 4.88 Å². The molecule has 2 aromatic heterocycles. The van der Waals surface area contributed by atoms with E-state index < -0.39 is 12.1 Å². The maximum absolute atomic E-state index is 11.8. The van der Waals surface area contributed by atoms with E-state index in [1.807, 2.05) is 37.3 Å². The monoisotopic (exact) mass is 474 g/mol. The van der Waals surface area contributed by atoms with E-state index in [1.165, 1.54) is 11.0 Å². The van der Waals surface area contributed by atoms with Crippen molar-refractivity contribution in [3.8, 4) is 10.8 Å². The molecule has 1 atom stereocenters. The second-order valence-corrected chi connectivity index (χ2v) is 8.39. The number of aromatic carboxylic acids is 1. The first kappa shape index (κ1) is 21.2. The molecule has 0 amide bonds. The Morgan fingerprint density at radius 1 is 1.19 bits per heavy atom. The van der Waals surface area contributed by atoms with E-state index in [2.05, 4.69) is 15.4 Å². The normalized spacial score (nSPS) is 11.8. The van der Waals surface area contributed by atoms with Crippen LogP contribution in [0.1, 0.15) is 28.3 Å². The van der Waals surface area contributed by atoms with E-state index in [-0.39, 0.29) is 10.6 Å². The molecule has 4 aromatic rings. The van der Waals surface area contributed by atoms with Crippen LogP contribution in [0.3, 0.4) is 0 Å². The molecule has 7 nitrogen and oxygen atoms in total. The van der Waals surface area contributed by atoms with Crippen LogP contribution in [-0.2, 0) is 0 Å². The summed E-state index contributed by atoms with van der Waals surface area (Å²) >= 11 is 13.3. The minimum absolute atomic E-state index is 0.0637. The summed E-state index contributed by atoms with van der Waals surface area (Å²) in [5, 5.41) is 18.7. The Morgan fingerprint density at radius 3 is 2.74 bits per heavy atom. The molecule has 2 heterocycles. The summed E-state index contributed by atoms with van der Waals surface area (Å²) in [6, 6.07) is 16.1. The lowest BCUT2D eigenvalue weighted by Crippen LogP contribution is -2.06. The number of nitrogens with zero attached hydrogens (tertiary/aromatic N) is 3. The maximum Gasteiger partial charge on any atom is 0.349 e. The van der Waals surface area contributed by atoms with Gasteiger partial charge in [0.05, 0.1) is 0 Å². The molecule has 0 aliphatic heterocycles. The molecular formula is C21H16Cl2N4O3S. The number of ether oxygens (including phenoxy) is 1. The lowest BCUT2D eigenvalue weighted by Gasteiger charge is -2.15. The van der Waals surface area contributed by atoms with Crippen LogP contribution < -0.4 is 10.1 Å². The topological polar surface area (TPSA) is 89.3 Å². The minimum atomic E-state index is -1.09. The highest BCUT2D eigenvalue weighted by atomic mass is 35.5. The van der Waals surface area contributed by atoms with Gasteiger partial charge < -0.3 is 15.2 Å². The van der Waals surface area contributed by atoms with Gasteiger partial charge in [0, 0.05) is 27.4 Å². The molecule has 2 aromatic carbocycles. The van der Waals surface area contributed by atoms with Crippen molar-refractivity contribution < 1.29 is 14.6 Å². The van der Waals surface area contributed by atoms with Crippen molar-refractivity contribution in [3.05, 3.63) is 81.4 Å². The Hall–Kier alpha value is -3.07. The van der Waals surface area contributed by atoms with E-state index in [0.29, 0.717) is 21.0 Å². The third kappa shape index (κ3) is 4.82. The molecule has 0 spiro atoms. The van der Waals surface area contributed by atoms with Crippen LogP contribution in [0.25, 0.3) is 5.00 Å². The van der Waals surface area contributed by atoms with Gasteiger partial charge in [-0.05, 0) is 31.2 Å². The molecule has 2 N–H and O–H groups in total. The summed E-state index contributed by atoms with van der Waals surface area (Å²) in [7, 11) is 0.